The molecule has 0 amide bonds. The molecule has 1 aliphatic rings. The molecule has 8 heteroatoms. The van der Waals surface area contributed by atoms with E-state index in [0.717, 1.165) is 0 Å². The van der Waals surface area contributed by atoms with Crippen LogP contribution in [-0.4, -0.2) is 34.5 Å². The lowest BCUT2D eigenvalue weighted by Crippen LogP contribution is -2.36. The Hall–Kier alpha value is -1.41. The SMILES string of the molecule is Cn1nccc1C(NS(=O)(=O)C1CC1)C(=O)O. The molecule has 7 nitrogen and oxygen atoms in total. The predicted octanol–water partition coefficient (Wildman–Crippen LogP) is -0.372. The Kier molecular flexibility index (Phi) is 2.92. The van der Waals surface area contributed by atoms with Crippen LogP contribution < -0.4 is 4.72 Å². The van der Waals surface area contributed by atoms with Crippen LogP contribution in [0.1, 0.15) is 24.6 Å². The largest absolute Gasteiger partial charge is 0.480 e. The van der Waals surface area contributed by atoms with Crippen molar-refractivity contribution in [3.05, 3.63) is 18.0 Å². The van der Waals surface area contributed by atoms with Crippen LogP contribution in [-0.2, 0) is 21.9 Å². The van der Waals surface area contributed by atoms with Gasteiger partial charge in [-0.15, -0.1) is 0 Å². The molecule has 0 aliphatic heterocycles. The van der Waals surface area contributed by atoms with Gasteiger partial charge in [0.15, 0.2) is 6.04 Å². The second-order valence-corrected chi connectivity index (χ2v) is 6.01. The van der Waals surface area contributed by atoms with Gasteiger partial charge in [-0.1, -0.05) is 0 Å². The number of carbonyl (C=O) groups is 1. The monoisotopic (exact) mass is 259 g/mol. The Morgan fingerprint density at radius 2 is 2.29 bits per heavy atom. The number of sulfonamides is 1. The van der Waals surface area contributed by atoms with E-state index in [0.29, 0.717) is 18.5 Å². The number of carboxylic acid groups (broad SMARTS) is 1. The van der Waals surface area contributed by atoms with Gasteiger partial charge in [-0.25, -0.2) is 8.42 Å². The maximum Gasteiger partial charge on any atom is 0.327 e. The van der Waals surface area contributed by atoms with Crippen LogP contribution in [0.2, 0.25) is 0 Å². The van der Waals surface area contributed by atoms with Gasteiger partial charge >= 0.3 is 5.97 Å². The molecular formula is C9H13N3O4S. The van der Waals surface area contributed by atoms with Gasteiger partial charge < -0.3 is 5.11 Å². The van der Waals surface area contributed by atoms with Crippen LogP contribution >= 0.6 is 0 Å². The summed E-state index contributed by atoms with van der Waals surface area (Å²) < 4.78 is 27.0. The van der Waals surface area contributed by atoms with Crippen molar-refractivity contribution in [2.24, 2.45) is 7.05 Å². The first-order chi connectivity index (χ1) is 7.92. The highest BCUT2D eigenvalue weighted by Crippen LogP contribution is 2.29. The fraction of sp³-hybridized carbons (Fsp3) is 0.556. The standard InChI is InChI=1S/C9H13N3O4S/c1-12-7(4-5-10-12)8(9(13)14)11-17(15,16)6-2-3-6/h4-6,8,11H,2-3H2,1H3,(H,13,14). The summed E-state index contributed by atoms with van der Waals surface area (Å²) in [6.45, 7) is 0. The van der Waals surface area contributed by atoms with Crippen LogP contribution in [0.25, 0.3) is 0 Å². The van der Waals surface area contributed by atoms with E-state index in [9.17, 15) is 13.2 Å². The first-order valence-electron chi connectivity index (χ1n) is 5.13. The summed E-state index contributed by atoms with van der Waals surface area (Å²) in [5.74, 6) is -1.24. The zero-order chi connectivity index (χ0) is 12.6. The van der Waals surface area contributed by atoms with E-state index in [4.69, 9.17) is 5.11 Å². The Morgan fingerprint density at radius 1 is 1.65 bits per heavy atom. The van der Waals surface area contributed by atoms with E-state index in [1.165, 1.54) is 16.9 Å². The van der Waals surface area contributed by atoms with Gasteiger partial charge in [0.25, 0.3) is 0 Å². The normalized spacial score (nSPS) is 17.9. The van der Waals surface area contributed by atoms with Crippen molar-refractivity contribution in [1.82, 2.24) is 14.5 Å². The van der Waals surface area contributed by atoms with Crippen molar-refractivity contribution in [3.63, 3.8) is 0 Å². The van der Waals surface area contributed by atoms with Gasteiger partial charge in [0.2, 0.25) is 10.0 Å². The molecule has 0 bridgehead atoms. The van der Waals surface area contributed by atoms with E-state index in [2.05, 4.69) is 9.82 Å². The second kappa shape index (κ2) is 4.11. The molecule has 1 heterocycles. The number of aryl methyl sites for hydroxylation is 1. The first kappa shape index (κ1) is 12.1. The number of carboxylic acids is 1. The Labute approximate surface area is 98.5 Å². The lowest BCUT2D eigenvalue weighted by atomic mass is 10.2. The Morgan fingerprint density at radius 3 is 2.71 bits per heavy atom. The molecule has 0 spiro atoms. The Balaban J connectivity index is 2.25. The zero-order valence-electron chi connectivity index (χ0n) is 9.20. The van der Waals surface area contributed by atoms with Gasteiger partial charge in [-0.2, -0.15) is 9.82 Å². The first-order valence-corrected chi connectivity index (χ1v) is 6.68. The number of nitrogens with one attached hydrogen (secondary N) is 1. The molecule has 1 aliphatic carbocycles. The lowest BCUT2D eigenvalue weighted by Gasteiger charge is -2.14. The summed E-state index contributed by atoms with van der Waals surface area (Å²) in [6.07, 6.45) is 2.61. The van der Waals surface area contributed by atoms with E-state index in [1.807, 2.05) is 0 Å². The van der Waals surface area contributed by atoms with Gasteiger partial charge in [0.05, 0.1) is 10.9 Å². The molecule has 0 saturated heterocycles. The van der Waals surface area contributed by atoms with Crippen LogP contribution in [0.4, 0.5) is 0 Å². The van der Waals surface area contributed by atoms with Crippen molar-refractivity contribution in [3.8, 4) is 0 Å². The summed E-state index contributed by atoms with van der Waals surface area (Å²) in [7, 11) is -1.98. The molecule has 94 valence electrons. The molecular weight excluding hydrogens is 246 g/mol. The van der Waals surface area contributed by atoms with Crippen LogP contribution in [0, 0.1) is 0 Å². The van der Waals surface area contributed by atoms with Gasteiger partial charge in [0.1, 0.15) is 0 Å². The van der Waals surface area contributed by atoms with Crippen molar-refractivity contribution in [2.45, 2.75) is 24.1 Å². The molecule has 0 aromatic carbocycles. The van der Waals surface area contributed by atoms with Crippen LogP contribution in [0.3, 0.4) is 0 Å². The highest BCUT2D eigenvalue weighted by molar-refractivity contribution is 7.90. The molecule has 1 atom stereocenters. The smallest absolute Gasteiger partial charge is 0.327 e. The fourth-order valence-corrected chi connectivity index (χ4v) is 3.04. The van der Waals surface area contributed by atoms with Crippen LogP contribution in [0.5, 0.6) is 0 Å². The highest BCUT2D eigenvalue weighted by atomic mass is 32.2. The molecule has 1 aromatic heterocycles. The third-order valence-corrected chi connectivity index (χ3v) is 4.56. The zero-order valence-corrected chi connectivity index (χ0v) is 10.0. The molecule has 1 aromatic rings. The number of hydrogen-bond donors (Lipinski definition) is 2. The molecule has 1 fully saturated rings. The Bertz CT molecular complexity index is 532. The number of rotatable bonds is 5. The third kappa shape index (κ3) is 2.47. The molecule has 0 radical (unpaired) electrons. The average molecular weight is 259 g/mol. The van der Waals surface area contributed by atoms with Crippen molar-refractivity contribution < 1.29 is 18.3 Å². The van der Waals surface area contributed by atoms with Crippen LogP contribution in [0.15, 0.2) is 12.3 Å². The van der Waals surface area contributed by atoms with E-state index < -0.39 is 27.3 Å². The van der Waals surface area contributed by atoms with E-state index >= 15 is 0 Å². The average Bonchev–Trinajstić information content (AvgIpc) is 3.00. The maximum absolute atomic E-state index is 11.7. The molecule has 1 saturated carbocycles. The molecule has 17 heavy (non-hydrogen) atoms. The van der Waals surface area contributed by atoms with Crippen molar-refractivity contribution in [2.75, 3.05) is 0 Å². The lowest BCUT2D eigenvalue weighted by molar-refractivity contribution is -0.139. The summed E-state index contributed by atoms with van der Waals surface area (Å²) >= 11 is 0. The molecule has 1 unspecified atom stereocenters. The van der Waals surface area contributed by atoms with Crippen molar-refractivity contribution in [1.29, 1.82) is 0 Å². The summed E-state index contributed by atoms with van der Waals surface area (Å²) in [5.41, 5.74) is 0.307. The highest BCUT2D eigenvalue weighted by Gasteiger charge is 2.39. The fourth-order valence-electron chi connectivity index (χ4n) is 1.54. The van der Waals surface area contributed by atoms with E-state index in [-0.39, 0.29) is 0 Å². The second-order valence-electron chi connectivity index (χ2n) is 4.01. The quantitative estimate of drug-likeness (QED) is 0.751. The topological polar surface area (TPSA) is 101 Å². The summed E-state index contributed by atoms with van der Waals surface area (Å²) in [6, 6.07) is 0.196. The number of aromatic nitrogens is 2. The van der Waals surface area contributed by atoms with Gasteiger partial charge in [-0.3, -0.25) is 9.48 Å². The minimum absolute atomic E-state index is 0.307. The predicted molar refractivity (Wildman–Crippen MR) is 58.7 cm³/mol. The number of nitrogens with zero attached hydrogens (tertiary/aromatic N) is 2. The minimum atomic E-state index is -3.55. The molecule has 2 N–H and O–H groups in total. The molecule has 2 rings (SSSR count). The van der Waals surface area contributed by atoms with Gasteiger partial charge in [0, 0.05) is 13.2 Å². The third-order valence-electron chi connectivity index (χ3n) is 2.65. The summed E-state index contributed by atoms with van der Waals surface area (Å²) in [5, 5.41) is 12.4. The summed E-state index contributed by atoms with van der Waals surface area (Å²) in [4.78, 5) is 11.1. The maximum atomic E-state index is 11.7. The number of hydrogen-bond acceptors (Lipinski definition) is 4. The number of aliphatic carboxylic acids is 1. The minimum Gasteiger partial charge on any atom is -0.480 e. The van der Waals surface area contributed by atoms with E-state index in [1.54, 1.807) is 7.05 Å². The van der Waals surface area contributed by atoms with Crippen molar-refractivity contribution >= 4 is 16.0 Å². The van der Waals surface area contributed by atoms with Gasteiger partial charge in [-0.05, 0) is 18.9 Å².